The summed E-state index contributed by atoms with van der Waals surface area (Å²) in [7, 11) is 1.30. The number of carbonyl (C=O) groups excluding carboxylic acids is 2. The van der Waals surface area contributed by atoms with E-state index in [1.165, 1.54) is 51.7 Å². The van der Waals surface area contributed by atoms with Gasteiger partial charge >= 0.3 is 5.97 Å². The Morgan fingerprint density at radius 1 is 1.00 bits per heavy atom. The summed E-state index contributed by atoms with van der Waals surface area (Å²) in [6.45, 7) is 3.71. The van der Waals surface area contributed by atoms with Crippen molar-refractivity contribution >= 4 is 12.4 Å². The molecule has 6 nitrogen and oxygen atoms in total. The van der Waals surface area contributed by atoms with Crippen molar-refractivity contribution in [2.75, 3.05) is 20.3 Å². The van der Waals surface area contributed by atoms with E-state index in [2.05, 4.69) is 11.7 Å². The fraction of sp³-hybridized carbons (Fsp3) is 0.600. The molecule has 0 saturated carbocycles. The SMILES string of the molecule is CCCCCCCCCCOC[C@@H](OC=O)[C@@H](/C=C/C(=O)OC)OCc1ccccc1. The van der Waals surface area contributed by atoms with Gasteiger partial charge in [-0.1, -0.05) is 82.2 Å². The first-order valence-electron chi connectivity index (χ1n) is 11.3. The highest BCUT2D eigenvalue weighted by Gasteiger charge is 2.22. The second-order valence-electron chi connectivity index (χ2n) is 7.46. The molecule has 0 fully saturated rings. The van der Waals surface area contributed by atoms with Crippen molar-refractivity contribution in [1.29, 1.82) is 0 Å². The number of unbranched alkanes of at least 4 members (excludes halogenated alkanes) is 7. The molecule has 31 heavy (non-hydrogen) atoms. The lowest BCUT2D eigenvalue weighted by Gasteiger charge is -2.23. The van der Waals surface area contributed by atoms with E-state index in [-0.39, 0.29) is 6.61 Å². The summed E-state index contributed by atoms with van der Waals surface area (Å²) in [5.74, 6) is -0.502. The maximum atomic E-state index is 11.5. The van der Waals surface area contributed by atoms with Crippen LogP contribution in [0.25, 0.3) is 0 Å². The molecule has 0 N–H and O–H groups in total. The maximum absolute atomic E-state index is 11.5. The van der Waals surface area contributed by atoms with Crippen molar-refractivity contribution in [1.82, 2.24) is 0 Å². The molecule has 0 radical (unpaired) electrons. The third-order valence-corrected chi connectivity index (χ3v) is 4.93. The van der Waals surface area contributed by atoms with Crippen LogP contribution < -0.4 is 0 Å². The van der Waals surface area contributed by atoms with E-state index in [0.29, 0.717) is 19.7 Å². The fourth-order valence-corrected chi connectivity index (χ4v) is 3.12. The van der Waals surface area contributed by atoms with Crippen molar-refractivity contribution in [3.05, 3.63) is 48.0 Å². The Hall–Kier alpha value is -2.18. The van der Waals surface area contributed by atoms with Gasteiger partial charge in [-0.25, -0.2) is 4.79 Å². The van der Waals surface area contributed by atoms with Crippen LogP contribution in [-0.2, 0) is 35.1 Å². The molecule has 0 heterocycles. The first kappa shape index (κ1) is 26.9. The lowest BCUT2D eigenvalue weighted by Crippen LogP contribution is -2.34. The van der Waals surface area contributed by atoms with Gasteiger partial charge in [-0.3, -0.25) is 4.79 Å². The van der Waals surface area contributed by atoms with Gasteiger partial charge in [0, 0.05) is 12.7 Å². The lowest BCUT2D eigenvalue weighted by atomic mass is 10.1. The molecule has 1 rings (SSSR count). The molecule has 1 aromatic rings. The Morgan fingerprint density at radius 3 is 2.32 bits per heavy atom. The smallest absolute Gasteiger partial charge is 0.330 e. The van der Waals surface area contributed by atoms with Crippen LogP contribution in [0.5, 0.6) is 0 Å². The summed E-state index contributed by atoms with van der Waals surface area (Å²) in [6, 6.07) is 9.65. The third-order valence-electron chi connectivity index (χ3n) is 4.93. The van der Waals surface area contributed by atoms with Crippen LogP contribution in [0, 0.1) is 0 Å². The Labute approximate surface area is 186 Å². The van der Waals surface area contributed by atoms with Crippen molar-refractivity contribution in [2.24, 2.45) is 0 Å². The third kappa shape index (κ3) is 13.7. The van der Waals surface area contributed by atoms with Crippen LogP contribution in [0.15, 0.2) is 42.5 Å². The molecular formula is C25H38O6. The Kier molecular flexibility index (Phi) is 16.1. The summed E-state index contributed by atoms with van der Waals surface area (Å²) in [5.41, 5.74) is 0.976. The number of methoxy groups -OCH3 is 1. The lowest BCUT2D eigenvalue weighted by molar-refractivity contribution is -0.145. The predicted octanol–water partition coefficient (Wildman–Crippen LogP) is 5.00. The van der Waals surface area contributed by atoms with Crippen molar-refractivity contribution < 1.29 is 28.5 Å². The quantitative estimate of drug-likeness (QED) is 0.132. The molecule has 0 bridgehead atoms. The molecule has 0 saturated heterocycles. The molecular weight excluding hydrogens is 396 g/mol. The monoisotopic (exact) mass is 434 g/mol. The van der Waals surface area contributed by atoms with Gasteiger partial charge in [-0.05, 0) is 18.1 Å². The van der Waals surface area contributed by atoms with Crippen LogP contribution in [0.1, 0.15) is 63.9 Å². The van der Waals surface area contributed by atoms with E-state index >= 15 is 0 Å². The number of hydrogen-bond acceptors (Lipinski definition) is 6. The first-order valence-corrected chi connectivity index (χ1v) is 11.3. The van der Waals surface area contributed by atoms with E-state index in [0.717, 1.165) is 18.4 Å². The van der Waals surface area contributed by atoms with Gasteiger partial charge in [0.25, 0.3) is 6.47 Å². The van der Waals surface area contributed by atoms with Crippen LogP contribution in [0.2, 0.25) is 0 Å². The zero-order valence-electron chi connectivity index (χ0n) is 19.0. The Morgan fingerprint density at radius 2 is 1.68 bits per heavy atom. The molecule has 0 aliphatic rings. The first-order chi connectivity index (χ1) is 15.2. The summed E-state index contributed by atoms with van der Waals surface area (Å²) < 4.78 is 21.5. The van der Waals surface area contributed by atoms with E-state index in [1.807, 2.05) is 30.3 Å². The van der Waals surface area contributed by atoms with Crippen LogP contribution in [0.3, 0.4) is 0 Å². The number of hydrogen-bond donors (Lipinski definition) is 0. The molecule has 0 amide bonds. The average molecular weight is 435 g/mol. The van der Waals surface area contributed by atoms with Crippen molar-refractivity contribution in [2.45, 2.75) is 77.1 Å². The van der Waals surface area contributed by atoms with Crippen LogP contribution >= 0.6 is 0 Å². The minimum absolute atomic E-state index is 0.195. The van der Waals surface area contributed by atoms with Gasteiger partial charge in [0.1, 0.15) is 6.10 Å². The number of ether oxygens (including phenoxy) is 4. The van der Waals surface area contributed by atoms with E-state index in [1.54, 1.807) is 6.08 Å². The highest BCUT2D eigenvalue weighted by atomic mass is 16.6. The Balaban J connectivity index is 2.47. The molecule has 174 valence electrons. The number of esters is 1. The molecule has 0 aromatic heterocycles. The standard InChI is InChI=1S/C25H38O6/c1-3-4-5-6-7-8-9-13-18-29-20-24(31-21-26)23(16-17-25(27)28-2)30-19-22-14-11-10-12-15-22/h10-12,14-17,21,23-24H,3-9,13,18-20H2,1-2H3/b17-16+/t23-,24-/m1/s1. The predicted molar refractivity (Wildman–Crippen MR) is 121 cm³/mol. The van der Waals surface area contributed by atoms with E-state index in [4.69, 9.17) is 14.2 Å². The second-order valence-corrected chi connectivity index (χ2v) is 7.46. The minimum Gasteiger partial charge on any atom is -0.466 e. The molecule has 0 spiro atoms. The maximum Gasteiger partial charge on any atom is 0.330 e. The van der Waals surface area contributed by atoms with E-state index < -0.39 is 18.2 Å². The van der Waals surface area contributed by atoms with Crippen LogP contribution in [0.4, 0.5) is 0 Å². The number of rotatable bonds is 19. The topological polar surface area (TPSA) is 71.1 Å². The van der Waals surface area contributed by atoms with Crippen molar-refractivity contribution in [3.63, 3.8) is 0 Å². The summed E-state index contributed by atoms with van der Waals surface area (Å²) in [4.78, 5) is 22.5. The van der Waals surface area contributed by atoms with Gasteiger partial charge in [-0.15, -0.1) is 0 Å². The highest BCUT2D eigenvalue weighted by Crippen LogP contribution is 2.12. The summed E-state index contributed by atoms with van der Waals surface area (Å²) in [5, 5.41) is 0. The van der Waals surface area contributed by atoms with Gasteiger partial charge in [0.15, 0.2) is 6.10 Å². The number of benzene rings is 1. The summed E-state index contributed by atoms with van der Waals surface area (Å²) in [6.07, 6.45) is 11.3. The van der Waals surface area contributed by atoms with Gasteiger partial charge in [0.05, 0.1) is 20.3 Å². The Bertz CT molecular complexity index is 601. The largest absolute Gasteiger partial charge is 0.466 e. The second kappa shape index (κ2) is 18.6. The fourth-order valence-electron chi connectivity index (χ4n) is 3.12. The van der Waals surface area contributed by atoms with Gasteiger partial charge in [0.2, 0.25) is 0 Å². The zero-order chi connectivity index (χ0) is 22.6. The highest BCUT2D eigenvalue weighted by molar-refractivity contribution is 5.81. The molecule has 0 unspecified atom stereocenters. The summed E-state index contributed by atoms with van der Waals surface area (Å²) >= 11 is 0. The molecule has 0 aliphatic heterocycles. The minimum atomic E-state index is -0.656. The zero-order valence-corrected chi connectivity index (χ0v) is 19.0. The number of carbonyl (C=O) groups is 2. The molecule has 6 heteroatoms. The normalized spacial score (nSPS) is 13.1. The molecule has 1 aromatic carbocycles. The average Bonchev–Trinajstić information content (AvgIpc) is 2.80. The van der Waals surface area contributed by atoms with E-state index in [9.17, 15) is 9.59 Å². The van der Waals surface area contributed by atoms with Gasteiger partial charge in [-0.2, -0.15) is 0 Å². The van der Waals surface area contributed by atoms with Crippen LogP contribution in [-0.4, -0.2) is 45.0 Å². The molecule has 0 aliphatic carbocycles. The van der Waals surface area contributed by atoms with Gasteiger partial charge < -0.3 is 18.9 Å². The molecule has 2 atom stereocenters. The van der Waals surface area contributed by atoms with Crippen molar-refractivity contribution in [3.8, 4) is 0 Å².